The van der Waals surface area contributed by atoms with Gasteiger partial charge in [0.2, 0.25) is 11.9 Å². The van der Waals surface area contributed by atoms with E-state index in [2.05, 4.69) is 16.0 Å². The van der Waals surface area contributed by atoms with Gasteiger partial charge in [0.05, 0.1) is 11.0 Å². The van der Waals surface area contributed by atoms with E-state index in [0.29, 0.717) is 11.3 Å². The third-order valence-corrected chi connectivity index (χ3v) is 5.78. The molecule has 2 fully saturated rings. The molecule has 1 atom stereocenters. The van der Waals surface area contributed by atoms with Crippen LogP contribution in [-0.4, -0.2) is 35.1 Å². The van der Waals surface area contributed by atoms with Gasteiger partial charge in [0.1, 0.15) is 0 Å². The van der Waals surface area contributed by atoms with Gasteiger partial charge in [-0.05, 0) is 49.9 Å². The van der Waals surface area contributed by atoms with E-state index in [-0.39, 0.29) is 5.92 Å². The van der Waals surface area contributed by atoms with Crippen molar-refractivity contribution in [1.82, 2.24) is 14.9 Å². The molecule has 1 unspecified atom stereocenters. The van der Waals surface area contributed by atoms with E-state index in [1.165, 1.54) is 0 Å². The quantitative estimate of drug-likeness (QED) is 0.872. The maximum atomic E-state index is 13.0. The van der Waals surface area contributed by atoms with Crippen molar-refractivity contribution in [3.05, 3.63) is 24.3 Å². The van der Waals surface area contributed by atoms with Crippen LogP contribution in [0.2, 0.25) is 0 Å². The van der Waals surface area contributed by atoms with E-state index in [1.54, 1.807) is 0 Å². The van der Waals surface area contributed by atoms with Crippen LogP contribution in [0.25, 0.3) is 11.0 Å². The molecule has 1 aliphatic carbocycles. The normalized spacial score (nSPS) is 25.6. The molecular formula is C17H20N4O. The zero-order chi connectivity index (χ0) is 14.7. The lowest BCUT2D eigenvalue weighted by Gasteiger charge is -2.24. The summed E-state index contributed by atoms with van der Waals surface area (Å²) in [6, 6.07) is 8.15. The van der Waals surface area contributed by atoms with E-state index in [0.717, 1.165) is 62.4 Å². The first-order chi connectivity index (χ1) is 10.8. The highest BCUT2D eigenvalue weighted by Crippen LogP contribution is 2.59. The maximum absolute atomic E-state index is 13.0. The second-order valence-electron chi connectivity index (χ2n) is 6.91. The molecule has 2 aromatic rings. The molecule has 0 bridgehead atoms. The number of para-hydroxylation sites is 2. The highest BCUT2D eigenvalue weighted by molar-refractivity contribution is 5.98. The van der Waals surface area contributed by atoms with Crippen LogP contribution in [0, 0.1) is 11.3 Å². The smallest absolute Gasteiger partial charge is 0.233 e. The third kappa shape index (κ3) is 1.63. The summed E-state index contributed by atoms with van der Waals surface area (Å²) in [5, 5.41) is 3.40. The Labute approximate surface area is 129 Å². The highest BCUT2D eigenvalue weighted by Gasteiger charge is 2.59. The number of nitrogens with one attached hydrogen (secondary N) is 1. The van der Waals surface area contributed by atoms with Gasteiger partial charge in [-0.3, -0.25) is 9.69 Å². The van der Waals surface area contributed by atoms with E-state index in [9.17, 15) is 4.79 Å². The molecule has 5 rings (SSSR count). The Bertz CT molecular complexity index is 759. The van der Waals surface area contributed by atoms with Crippen LogP contribution in [-0.2, 0) is 11.3 Å². The zero-order valence-electron chi connectivity index (χ0n) is 12.6. The van der Waals surface area contributed by atoms with Gasteiger partial charge >= 0.3 is 0 Å². The first-order valence-electron chi connectivity index (χ1n) is 8.26. The van der Waals surface area contributed by atoms with Crippen LogP contribution >= 0.6 is 0 Å². The maximum Gasteiger partial charge on any atom is 0.233 e. The number of piperidine rings is 1. The van der Waals surface area contributed by atoms with Crippen LogP contribution in [0.15, 0.2) is 24.3 Å². The second-order valence-corrected chi connectivity index (χ2v) is 6.91. The summed E-state index contributed by atoms with van der Waals surface area (Å²) in [7, 11) is 0. The molecular weight excluding hydrogens is 276 g/mol. The molecule has 1 saturated carbocycles. The Morgan fingerprint density at radius 2 is 2.05 bits per heavy atom. The number of nitrogens with zero attached hydrogens (tertiary/aromatic N) is 3. The lowest BCUT2D eigenvalue weighted by atomic mass is 9.91. The monoisotopic (exact) mass is 296 g/mol. The predicted molar refractivity (Wildman–Crippen MR) is 84.7 cm³/mol. The molecule has 1 spiro atoms. The fraction of sp³-hybridized carbons (Fsp3) is 0.529. The molecule has 1 N–H and O–H groups in total. The van der Waals surface area contributed by atoms with Gasteiger partial charge in [0.25, 0.3) is 0 Å². The largest absolute Gasteiger partial charge is 0.317 e. The van der Waals surface area contributed by atoms with Gasteiger partial charge in [0.15, 0.2) is 0 Å². The van der Waals surface area contributed by atoms with Crippen molar-refractivity contribution in [2.75, 3.05) is 24.5 Å². The Kier molecular flexibility index (Phi) is 2.48. The Morgan fingerprint density at radius 3 is 2.91 bits per heavy atom. The van der Waals surface area contributed by atoms with Gasteiger partial charge in [0, 0.05) is 19.0 Å². The molecule has 5 nitrogen and oxygen atoms in total. The minimum atomic E-state index is 0.223. The van der Waals surface area contributed by atoms with Gasteiger partial charge < -0.3 is 9.88 Å². The van der Waals surface area contributed by atoms with Crippen LogP contribution in [0.3, 0.4) is 0 Å². The minimum absolute atomic E-state index is 0.223. The number of rotatable bonds is 1. The number of fused-ring (bicyclic) bond motifs is 3. The van der Waals surface area contributed by atoms with Crippen molar-refractivity contribution in [3.63, 3.8) is 0 Å². The number of carbonyl (C=O) groups is 1. The van der Waals surface area contributed by atoms with Crippen LogP contribution in [0.4, 0.5) is 5.95 Å². The minimum Gasteiger partial charge on any atom is -0.317 e. The topological polar surface area (TPSA) is 50.2 Å². The molecule has 22 heavy (non-hydrogen) atoms. The molecule has 1 aromatic heterocycles. The average molecular weight is 296 g/mol. The van der Waals surface area contributed by atoms with Crippen molar-refractivity contribution >= 4 is 22.9 Å². The fourth-order valence-corrected chi connectivity index (χ4v) is 4.36. The van der Waals surface area contributed by atoms with Crippen molar-refractivity contribution in [3.8, 4) is 0 Å². The molecule has 3 aliphatic rings. The summed E-state index contributed by atoms with van der Waals surface area (Å²) >= 11 is 0. The summed E-state index contributed by atoms with van der Waals surface area (Å²) < 4.78 is 2.19. The molecule has 1 amide bonds. The number of hydrogen-bond donors (Lipinski definition) is 1. The zero-order valence-corrected chi connectivity index (χ0v) is 12.6. The highest BCUT2D eigenvalue weighted by atomic mass is 16.2. The van der Waals surface area contributed by atoms with Crippen LogP contribution in [0.5, 0.6) is 0 Å². The van der Waals surface area contributed by atoms with Gasteiger partial charge in [-0.15, -0.1) is 0 Å². The number of aromatic nitrogens is 2. The SMILES string of the molecule is O=C(C1CC12CCNCC2)N1CCn2c1nc1ccccc12. The average Bonchev–Trinajstić information content (AvgIpc) is 2.93. The summed E-state index contributed by atoms with van der Waals surface area (Å²) in [5.74, 6) is 1.37. The van der Waals surface area contributed by atoms with E-state index in [4.69, 9.17) is 4.98 Å². The van der Waals surface area contributed by atoms with Crippen molar-refractivity contribution < 1.29 is 4.79 Å². The fourth-order valence-electron chi connectivity index (χ4n) is 4.36. The Balaban J connectivity index is 1.45. The summed E-state index contributed by atoms with van der Waals surface area (Å²) in [5.41, 5.74) is 2.42. The lowest BCUT2D eigenvalue weighted by molar-refractivity contribution is -0.120. The van der Waals surface area contributed by atoms with Crippen molar-refractivity contribution in [1.29, 1.82) is 0 Å². The van der Waals surface area contributed by atoms with E-state index in [1.807, 2.05) is 23.1 Å². The molecule has 5 heteroatoms. The number of hydrogen-bond acceptors (Lipinski definition) is 3. The first kappa shape index (κ1) is 12.6. The molecule has 1 saturated heterocycles. The van der Waals surface area contributed by atoms with Crippen molar-refractivity contribution in [2.24, 2.45) is 11.3 Å². The first-order valence-corrected chi connectivity index (χ1v) is 8.26. The number of amides is 1. The predicted octanol–water partition coefficient (Wildman–Crippen LogP) is 1.77. The molecule has 114 valence electrons. The lowest BCUT2D eigenvalue weighted by Crippen LogP contribution is -2.36. The molecule has 0 radical (unpaired) electrons. The third-order valence-electron chi connectivity index (χ3n) is 5.78. The van der Waals surface area contributed by atoms with Crippen LogP contribution in [0.1, 0.15) is 19.3 Å². The molecule has 3 heterocycles. The summed E-state index contributed by atoms with van der Waals surface area (Å²) in [4.78, 5) is 19.6. The number of anilines is 1. The Morgan fingerprint density at radius 1 is 1.23 bits per heavy atom. The standard InChI is InChI=1S/C17H20N4O/c22-15(12-11-17(12)5-7-18-8-6-17)21-10-9-20-14-4-2-1-3-13(14)19-16(20)21/h1-4,12,18H,5-11H2. The number of carbonyl (C=O) groups excluding carboxylic acids is 1. The van der Waals surface area contributed by atoms with E-state index >= 15 is 0 Å². The summed E-state index contributed by atoms with van der Waals surface area (Å²) in [6.07, 6.45) is 3.37. The van der Waals surface area contributed by atoms with Gasteiger partial charge in [-0.25, -0.2) is 4.98 Å². The second kappa shape index (κ2) is 4.32. The van der Waals surface area contributed by atoms with Gasteiger partial charge in [-0.2, -0.15) is 0 Å². The van der Waals surface area contributed by atoms with Gasteiger partial charge in [-0.1, -0.05) is 12.1 Å². The van der Waals surface area contributed by atoms with E-state index < -0.39 is 0 Å². The number of benzene rings is 1. The molecule has 2 aliphatic heterocycles. The summed E-state index contributed by atoms with van der Waals surface area (Å²) in [6.45, 7) is 3.75. The Hall–Kier alpha value is -1.88. The molecule has 1 aromatic carbocycles. The number of imidazole rings is 1. The van der Waals surface area contributed by atoms with Crippen LogP contribution < -0.4 is 10.2 Å². The van der Waals surface area contributed by atoms with Crippen molar-refractivity contribution in [2.45, 2.75) is 25.8 Å².